The molecule has 0 spiro atoms. The van der Waals surface area contributed by atoms with Gasteiger partial charge in [0.2, 0.25) is 5.95 Å². The van der Waals surface area contributed by atoms with Gasteiger partial charge >= 0.3 is 0 Å². The van der Waals surface area contributed by atoms with Gasteiger partial charge in [-0.25, -0.2) is 4.98 Å². The van der Waals surface area contributed by atoms with E-state index >= 15 is 0 Å². The van der Waals surface area contributed by atoms with Crippen LogP contribution in [-0.2, 0) is 0 Å². The fourth-order valence-corrected chi connectivity index (χ4v) is 2.17. The van der Waals surface area contributed by atoms with Gasteiger partial charge in [-0.05, 0) is 47.0 Å². The summed E-state index contributed by atoms with van der Waals surface area (Å²) >= 11 is 0. The molecule has 0 atom stereocenters. The molecule has 0 unspecified atom stereocenters. The second kappa shape index (κ2) is 8.49. The van der Waals surface area contributed by atoms with Crippen LogP contribution in [-0.4, -0.2) is 48.2 Å². The van der Waals surface area contributed by atoms with Gasteiger partial charge in [-0.15, -0.1) is 0 Å². The quantitative estimate of drug-likeness (QED) is 0.775. The number of hydrogen-bond donors (Lipinski definition) is 2. The first-order valence-corrected chi connectivity index (χ1v) is 8.21. The largest absolute Gasteiger partial charge is 0.489 e. The molecule has 2 N–H and O–H groups in total. The van der Waals surface area contributed by atoms with E-state index in [1.807, 2.05) is 65.2 Å². The fourth-order valence-electron chi connectivity index (χ4n) is 2.17. The zero-order chi connectivity index (χ0) is 17.5. The van der Waals surface area contributed by atoms with Crippen LogP contribution >= 0.6 is 0 Å². The van der Waals surface area contributed by atoms with Crippen molar-refractivity contribution in [3.63, 3.8) is 0 Å². The van der Waals surface area contributed by atoms with E-state index < -0.39 is 0 Å². The molecule has 0 fully saturated rings. The summed E-state index contributed by atoms with van der Waals surface area (Å²) in [5.41, 5.74) is 1.80. The van der Waals surface area contributed by atoms with E-state index in [0.29, 0.717) is 5.95 Å². The zero-order valence-electron chi connectivity index (χ0n) is 15.1. The molecule has 1 heterocycles. The minimum atomic E-state index is 0.114. The second-order valence-corrected chi connectivity index (χ2v) is 6.24. The molecule has 24 heavy (non-hydrogen) atoms. The summed E-state index contributed by atoms with van der Waals surface area (Å²) in [7, 11) is 4.08. The van der Waals surface area contributed by atoms with Gasteiger partial charge in [0.1, 0.15) is 11.6 Å². The van der Waals surface area contributed by atoms with E-state index in [1.54, 1.807) is 0 Å². The van der Waals surface area contributed by atoms with Crippen molar-refractivity contribution in [2.45, 2.75) is 26.9 Å². The highest BCUT2D eigenvalue weighted by Gasteiger charge is 2.08. The Morgan fingerprint density at radius 3 is 2.62 bits per heavy atom. The van der Waals surface area contributed by atoms with Crippen molar-refractivity contribution in [3.05, 3.63) is 36.0 Å². The molecule has 1 aromatic carbocycles. The van der Waals surface area contributed by atoms with Crippen LogP contribution in [0.15, 0.2) is 30.3 Å². The van der Waals surface area contributed by atoms with Crippen LogP contribution < -0.4 is 15.4 Å². The number of nitrogens with zero attached hydrogens (tertiary/aromatic N) is 3. The Hall–Kier alpha value is -2.34. The van der Waals surface area contributed by atoms with Crippen molar-refractivity contribution in [2.24, 2.45) is 0 Å². The number of likely N-dealkylation sites (N-methyl/N-ethyl adjacent to an activating group) is 1. The Balaban J connectivity index is 2.13. The van der Waals surface area contributed by atoms with Gasteiger partial charge in [0, 0.05) is 24.8 Å². The Labute approximate surface area is 144 Å². The van der Waals surface area contributed by atoms with Crippen molar-refractivity contribution in [2.75, 3.05) is 37.8 Å². The lowest BCUT2D eigenvalue weighted by molar-refractivity contribution is 0.244. The third-order valence-electron chi connectivity index (χ3n) is 3.21. The summed E-state index contributed by atoms with van der Waals surface area (Å²) in [5, 5.41) is 6.59. The number of hydrogen-bond acceptors (Lipinski definition) is 6. The van der Waals surface area contributed by atoms with Crippen molar-refractivity contribution in [3.8, 4) is 5.75 Å². The lowest BCUT2D eigenvalue weighted by Crippen LogP contribution is -2.21. The van der Waals surface area contributed by atoms with Gasteiger partial charge < -0.3 is 20.3 Å². The van der Waals surface area contributed by atoms with Crippen LogP contribution in [0.5, 0.6) is 5.75 Å². The number of aromatic nitrogens is 2. The lowest BCUT2D eigenvalue weighted by Gasteiger charge is -2.16. The summed E-state index contributed by atoms with van der Waals surface area (Å²) in [4.78, 5) is 11.1. The van der Waals surface area contributed by atoms with E-state index in [-0.39, 0.29) is 6.10 Å². The summed E-state index contributed by atoms with van der Waals surface area (Å²) in [6, 6.07) is 9.78. The van der Waals surface area contributed by atoms with E-state index in [2.05, 4.69) is 25.5 Å². The van der Waals surface area contributed by atoms with Gasteiger partial charge in [-0.2, -0.15) is 4.98 Å². The molecule has 0 radical (unpaired) electrons. The Bertz CT molecular complexity index is 658. The maximum Gasteiger partial charge on any atom is 0.224 e. The first-order chi connectivity index (χ1) is 11.4. The maximum atomic E-state index is 5.84. The second-order valence-electron chi connectivity index (χ2n) is 6.24. The first kappa shape index (κ1) is 18.0. The topological polar surface area (TPSA) is 62.3 Å². The SMILES string of the molecule is Cc1cc(Nc2ccccc2OC(C)C)nc(NCCN(C)C)n1. The van der Waals surface area contributed by atoms with E-state index in [4.69, 9.17) is 4.74 Å². The number of ether oxygens (including phenoxy) is 1. The highest BCUT2D eigenvalue weighted by atomic mass is 16.5. The summed E-state index contributed by atoms with van der Waals surface area (Å²) in [6.07, 6.45) is 0.114. The Kier molecular flexibility index (Phi) is 6.37. The molecule has 6 nitrogen and oxygen atoms in total. The summed E-state index contributed by atoms with van der Waals surface area (Å²) in [6.45, 7) is 7.70. The molecular weight excluding hydrogens is 302 g/mol. The van der Waals surface area contributed by atoms with Gasteiger partial charge in [0.25, 0.3) is 0 Å². The van der Waals surface area contributed by atoms with Crippen LogP contribution in [0.4, 0.5) is 17.5 Å². The third kappa shape index (κ3) is 5.70. The van der Waals surface area contributed by atoms with E-state index in [0.717, 1.165) is 36.0 Å². The van der Waals surface area contributed by atoms with Gasteiger partial charge in [-0.3, -0.25) is 0 Å². The highest BCUT2D eigenvalue weighted by molar-refractivity contribution is 5.64. The van der Waals surface area contributed by atoms with Crippen LogP contribution in [0.3, 0.4) is 0 Å². The van der Waals surface area contributed by atoms with Gasteiger partial charge in [0.05, 0.1) is 11.8 Å². The lowest BCUT2D eigenvalue weighted by atomic mass is 10.3. The van der Waals surface area contributed by atoms with Crippen molar-refractivity contribution < 1.29 is 4.74 Å². The highest BCUT2D eigenvalue weighted by Crippen LogP contribution is 2.28. The average molecular weight is 329 g/mol. The molecule has 130 valence electrons. The number of benzene rings is 1. The minimum Gasteiger partial charge on any atom is -0.489 e. The first-order valence-electron chi connectivity index (χ1n) is 8.21. The maximum absolute atomic E-state index is 5.84. The number of nitrogens with one attached hydrogen (secondary N) is 2. The van der Waals surface area contributed by atoms with Crippen LogP contribution in [0.25, 0.3) is 0 Å². The van der Waals surface area contributed by atoms with Crippen molar-refractivity contribution >= 4 is 17.5 Å². The molecule has 0 bridgehead atoms. The number of para-hydroxylation sites is 2. The molecule has 6 heteroatoms. The van der Waals surface area contributed by atoms with Gasteiger partial charge in [-0.1, -0.05) is 12.1 Å². The average Bonchev–Trinajstić information content (AvgIpc) is 2.48. The number of rotatable bonds is 8. The molecule has 0 saturated carbocycles. The van der Waals surface area contributed by atoms with Crippen molar-refractivity contribution in [1.29, 1.82) is 0 Å². The molecule has 0 amide bonds. The molecule has 0 aliphatic heterocycles. The summed E-state index contributed by atoms with van der Waals surface area (Å²) < 4.78 is 5.84. The van der Waals surface area contributed by atoms with Crippen LogP contribution in [0, 0.1) is 6.92 Å². The number of anilines is 3. The van der Waals surface area contributed by atoms with Crippen molar-refractivity contribution in [1.82, 2.24) is 14.9 Å². The van der Waals surface area contributed by atoms with Gasteiger partial charge in [0.15, 0.2) is 0 Å². The zero-order valence-corrected chi connectivity index (χ0v) is 15.1. The smallest absolute Gasteiger partial charge is 0.224 e. The van der Waals surface area contributed by atoms with Crippen LogP contribution in [0.2, 0.25) is 0 Å². The molecular formula is C18H27N5O. The molecule has 1 aromatic heterocycles. The van der Waals surface area contributed by atoms with Crippen LogP contribution in [0.1, 0.15) is 19.5 Å². The van der Waals surface area contributed by atoms with E-state index in [9.17, 15) is 0 Å². The third-order valence-corrected chi connectivity index (χ3v) is 3.21. The normalized spacial score (nSPS) is 11.0. The molecule has 0 aliphatic carbocycles. The van der Waals surface area contributed by atoms with E-state index in [1.165, 1.54) is 0 Å². The standard InChI is InChI=1S/C18H27N5O/c1-13(2)24-16-9-7-6-8-15(16)21-17-12-14(3)20-18(22-17)19-10-11-23(4)5/h6-9,12-13H,10-11H2,1-5H3,(H2,19,20,21,22). The number of aryl methyl sites for hydroxylation is 1. The molecule has 0 aliphatic rings. The summed E-state index contributed by atoms with van der Waals surface area (Å²) in [5.74, 6) is 2.18. The minimum absolute atomic E-state index is 0.114. The molecule has 2 aromatic rings. The Morgan fingerprint density at radius 2 is 1.92 bits per heavy atom. The predicted octanol–water partition coefficient (Wildman–Crippen LogP) is 3.29. The molecule has 2 rings (SSSR count). The fraction of sp³-hybridized carbons (Fsp3) is 0.444. The Morgan fingerprint density at radius 1 is 1.17 bits per heavy atom. The monoisotopic (exact) mass is 329 g/mol. The predicted molar refractivity (Wildman–Crippen MR) is 99.3 cm³/mol. The molecule has 0 saturated heterocycles.